The average Bonchev–Trinajstić information content (AvgIpc) is 3.13. The topological polar surface area (TPSA) is 6.48 Å². The summed E-state index contributed by atoms with van der Waals surface area (Å²) >= 11 is 3.64. The van der Waals surface area contributed by atoms with Gasteiger partial charge >= 0.3 is 182 Å². The average molecular weight is 523 g/mol. The molecule has 1 aliphatic heterocycles. The molecule has 0 bridgehead atoms. The molecule has 1 aliphatic rings. The van der Waals surface area contributed by atoms with Crippen LogP contribution in [0.2, 0.25) is 0 Å². The van der Waals surface area contributed by atoms with Gasteiger partial charge < -0.3 is 14.0 Å². The summed E-state index contributed by atoms with van der Waals surface area (Å²) in [6.07, 6.45) is 5.95. The molecule has 180 valence electrons. The maximum atomic E-state index is 4.72. The number of anilines is 2. The van der Waals surface area contributed by atoms with Crippen molar-refractivity contribution in [3.05, 3.63) is 91.6 Å². The van der Waals surface area contributed by atoms with E-state index in [2.05, 4.69) is 119 Å². The molecule has 2 aromatic carbocycles. The summed E-state index contributed by atoms with van der Waals surface area (Å²) in [5, 5.41) is 0. The van der Waals surface area contributed by atoms with E-state index >= 15 is 0 Å². The van der Waals surface area contributed by atoms with Gasteiger partial charge in [-0.1, -0.05) is 6.92 Å². The fourth-order valence-corrected chi connectivity index (χ4v) is 4.79. The molecule has 0 unspecified atom stereocenters. The second-order valence-electron chi connectivity index (χ2n) is 8.33. The first-order valence-electron chi connectivity index (χ1n) is 11.2. The van der Waals surface area contributed by atoms with Crippen LogP contribution < -0.4 is 9.80 Å². The molecular weight excluding hydrogens is 483 g/mol. The molecule has 0 N–H and O–H groups in total. The molecule has 0 saturated carbocycles. The molecule has 32 heavy (non-hydrogen) atoms. The van der Waals surface area contributed by atoms with Gasteiger partial charge in [-0.05, 0) is 0 Å². The van der Waals surface area contributed by atoms with E-state index in [1.54, 1.807) is 6.92 Å². The molecule has 2 aromatic rings. The van der Waals surface area contributed by atoms with Crippen LogP contribution in [0.5, 0.6) is 0 Å². The Morgan fingerprint density at radius 3 is 1.47 bits per heavy atom. The van der Waals surface area contributed by atoms with Gasteiger partial charge in [-0.25, -0.2) is 0 Å². The summed E-state index contributed by atoms with van der Waals surface area (Å²) in [6, 6.07) is 13.3. The van der Waals surface area contributed by atoms with Crippen molar-refractivity contribution in [1.82, 2.24) is 0 Å². The Balaban J connectivity index is 0.00000121. The maximum absolute atomic E-state index is 4.72. The Morgan fingerprint density at radius 1 is 0.844 bits per heavy atom. The molecular formula is C29H40N2Pd-4. The fraction of sp³-hybridized carbons (Fsp3) is 0.379. The Labute approximate surface area is 208 Å². The van der Waals surface area contributed by atoms with Crippen LogP contribution in [0.25, 0.3) is 0 Å². The third-order valence-electron chi connectivity index (χ3n) is 5.56. The summed E-state index contributed by atoms with van der Waals surface area (Å²) < 4.78 is 1.18. The van der Waals surface area contributed by atoms with E-state index in [4.69, 9.17) is 6.58 Å². The van der Waals surface area contributed by atoms with Crippen molar-refractivity contribution in [3.63, 3.8) is 0 Å². The van der Waals surface area contributed by atoms with Crippen LogP contribution in [0, 0.1) is 26.8 Å². The maximum Gasteiger partial charge on any atom is -0.0794 e. The van der Waals surface area contributed by atoms with Crippen molar-refractivity contribution in [1.29, 1.82) is 0 Å². The Morgan fingerprint density at radius 2 is 1.19 bits per heavy atom. The first-order chi connectivity index (χ1) is 14.8. The molecule has 0 amide bonds. The third-order valence-corrected chi connectivity index (χ3v) is 6.40. The molecule has 0 radical (unpaired) electrons. The van der Waals surface area contributed by atoms with Crippen LogP contribution in [0.15, 0.2) is 42.5 Å². The van der Waals surface area contributed by atoms with Gasteiger partial charge in [0.2, 0.25) is 0 Å². The van der Waals surface area contributed by atoms with E-state index < -0.39 is 0 Å². The molecule has 1 saturated heterocycles. The van der Waals surface area contributed by atoms with Gasteiger partial charge in [0.15, 0.2) is 0 Å². The van der Waals surface area contributed by atoms with Crippen molar-refractivity contribution < 1.29 is 18.7 Å². The number of nitrogens with zero attached hydrogens (tertiary/aromatic N) is 2. The summed E-state index contributed by atoms with van der Waals surface area (Å²) in [4.78, 5) is 4.92. The van der Waals surface area contributed by atoms with E-state index in [-0.39, 0.29) is 7.43 Å². The van der Waals surface area contributed by atoms with Gasteiger partial charge in [0.25, 0.3) is 0 Å². The van der Waals surface area contributed by atoms with Crippen molar-refractivity contribution in [2.24, 2.45) is 0 Å². The molecule has 0 aromatic heterocycles. The normalized spacial score (nSPS) is 13.0. The molecule has 0 spiro atoms. The summed E-state index contributed by atoms with van der Waals surface area (Å²) in [7, 11) is 0. The quantitative estimate of drug-likeness (QED) is 0.286. The SMILES string of the molecule is C[CH-]c1cccc(C(C)C)c1N1CCN(c2c([CH-]C)cccc2C(C)C)[C]1=[Pd].[CH-]=CC.[CH3-]. The summed E-state index contributed by atoms with van der Waals surface area (Å²) in [5.74, 6) is 0.965. The fourth-order valence-electron chi connectivity index (χ4n) is 4.09. The second-order valence-corrected chi connectivity index (χ2v) is 9.03. The van der Waals surface area contributed by atoms with Crippen LogP contribution in [0.1, 0.15) is 82.6 Å². The van der Waals surface area contributed by atoms with E-state index in [1.807, 2.05) is 0 Å². The van der Waals surface area contributed by atoms with Crippen LogP contribution in [-0.2, 0) is 18.7 Å². The van der Waals surface area contributed by atoms with Crippen LogP contribution >= 0.6 is 0 Å². The number of allylic oxidation sites excluding steroid dienone is 1. The van der Waals surface area contributed by atoms with Crippen molar-refractivity contribution in [3.8, 4) is 0 Å². The minimum Gasteiger partial charge on any atom is -0.518 e. The molecule has 1 heterocycles. The summed E-state index contributed by atoms with van der Waals surface area (Å²) in [6.45, 7) is 21.8. The van der Waals surface area contributed by atoms with Crippen molar-refractivity contribution in [2.45, 2.75) is 60.3 Å². The largest absolute Gasteiger partial charge is 0.518 e. The standard InChI is InChI=1S/C25H32N2.C3H5.CH3.Pd/c1-7-20-11-9-13-22(18(3)4)24(20)26-15-16-27(17-26)25-21(8-2)12-10-14-23(25)19(5)6;1-3-2;;/h7-14,18-19H,15-16H2,1-6H3;1,3H,2H3;1H3;/q-2;2*-1;. The van der Waals surface area contributed by atoms with Gasteiger partial charge in [0.05, 0.1) is 0 Å². The predicted octanol–water partition coefficient (Wildman–Crippen LogP) is 7.48. The molecule has 3 heteroatoms. The number of hydrogen-bond donors (Lipinski definition) is 0. The Kier molecular flexibility index (Phi) is 11.3. The second kappa shape index (κ2) is 12.9. The zero-order valence-corrected chi connectivity index (χ0v) is 22.6. The first kappa shape index (κ1) is 28.1. The first-order valence-corrected chi connectivity index (χ1v) is 12.0. The molecule has 3 rings (SSSR count). The molecule has 0 aliphatic carbocycles. The van der Waals surface area contributed by atoms with Gasteiger partial charge in [-0.2, -0.15) is 0 Å². The molecule has 0 atom stereocenters. The smallest absolute Gasteiger partial charge is 0.0794 e. The zero-order valence-electron chi connectivity index (χ0n) is 21.1. The third kappa shape index (κ3) is 5.89. The minimum atomic E-state index is 0. The van der Waals surface area contributed by atoms with E-state index in [0.29, 0.717) is 11.8 Å². The summed E-state index contributed by atoms with van der Waals surface area (Å²) in [5.41, 5.74) is 8.09. The Hall–Kier alpha value is -1.95. The number of rotatable bonds is 6. The molecule has 1 fully saturated rings. The van der Waals surface area contributed by atoms with Crippen LogP contribution in [-0.4, -0.2) is 17.3 Å². The van der Waals surface area contributed by atoms with Gasteiger partial charge in [0, 0.05) is 0 Å². The van der Waals surface area contributed by atoms with E-state index in [9.17, 15) is 0 Å². The monoisotopic (exact) mass is 522 g/mol. The number of para-hydroxylation sites is 2. The molecule has 2 nitrogen and oxygen atoms in total. The number of benzene rings is 2. The van der Waals surface area contributed by atoms with Gasteiger partial charge in [-0.3, -0.25) is 6.08 Å². The minimum absolute atomic E-state index is 0. The van der Waals surface area contributed by atoms with Crippen molar-refractivity contribution in [2.75, 3.05) is 22.9 Å². The van der Waals surface area contributed by atoms with Crippen molar-refractivity contribution >= 4 is 15.6 Å². The van der Waals surface area contributed by atoms with Gasteiger partial charge in [-0.15, -0.1) is 0 Å². The van der Waals surface area contributed by atoms with E-state index in [0.717, 1.165) is 13.1 Å². The predicted molar refractivity (Wildman–Crippen MR) is 140 cm³/mol. The van der Waals surface area contributed by atoms with Crippen LogP contribution in [0.3, 0.4) is 0 Å². The Bertz CT molecular complexity index is 829. The van der Waals surface area contributed by atoms with E-state index in [1.165, 1.54) is 43.9 Å². The van der Waals surface area contributed by atoms with Gasteiger partial charge in [0.1, 0.15) is 0 Å². The number of hydrogen-bond acceptors (Lipinski definition) is 2. The zero-order chi connectivity index (χ0) is 23.1. The van der Waals surface area contributed by atoms with Crippen LogP contribution in [0.4, 0.5) is 11.4 Å².